The van der Waals surface area contributed by atoms with Crippen LogP contribution >= 0.6 is 0 Å². The number of aliphatic imine (C=N–C) groups is 1. The summed E-state index contributed by atoms with van der Waals surface area (Å²) in [5.74, 6) is 0.700. The van der Waals surface area contributed by atoms with E-state index < -0.39 is 11.9 Å². The Morgan fingerprint density at radius 1 is 1.12 bits per heavy atom. The maximum Gasteiger partial charge on any atom is 0.433 e. The first-order chi connectivity index (χ1) is 12.3. The molecule has 0 bridgehead atoms. The van der Waals surface area contributed by atoms with E-state index in [1.165, 1.54) is 12.4 Å². The summed E-state index contributed by atoms with van der Waals surface area (Å²) >= 11 is 0. The van der Waals surface area contributed by atoms with Gasteiger partial charge in [-0.3, -0.25) is 4.98 Å². The van der Waals surface area contributed by atoms with Gasteiger partial charge in [-0.25, -0.2) is 19.9 Å². The van der Waals surface area contributed by atoms with Gasteiger partial charge in [-0.2, -0.15) is 13.2 Å². The fraction of sp³-hybridized carbons (Fsp3) is 0.188. The standard InChI is InChI=1S/C16H14F3N7/c1-26(2)9-23-13-4-3-11-14(25-13)15(22-8-21-11)24-10-5-6-20-12(7-10)16(17,18)19/h3-9H,1-2H3,(H,20,21,22,24). The first kappa shape index (κ1) is 17.5. The van der Waals surface area contributed by atoms with Gasteiger partial charge in [0, 0.05) is 26.0 Å². The maximum absolute atomic E-state index is 12.8. The van der Waals surface area contributed by atoms with Crippen molar-refractivity contribution in [2.24, 2.45) is 4.99 Å². The molecular formula is C16H14F3N7. The van der Waals surface area contributed by atoms with E-state index in [0.717, 1.165) is 12.3 Å². The van der Waals surface area contributed by atoms with Gasteiger partial charge in [-0.05, 0) is 24.3 Å². The Balaban J connectivity index is 1.98. The molecule has 0 atom stereocenters. The number of nitrogens with zero attached hydrogens (tertiary/aromatic N) is 6. The Morgan fingerprint density at radius 2 is 1.92 bits per heavy atom. The van der Waals surface area contributed by atoms with Crippen LogP contribution in [0.1, 0.15) is 5.69 Å². The van der Waals surface area contributed by atoms with Gasteiger partial charge in [0.25, 0.3) is 0 Å². The van der Waals surface area contributed by atoms with Crippen LogP contribution in [0.3, 0.4) is 0 Å². The van der Waals surface area contributed by atoms with E-state index in [0.29, 0.717) is 16.9 Å². The van der Waals surface area contributed by atoms with Crippen LogP contribution < -0.4 is 5.32 Å². The van der Waals surface area contributed by atoms with Crippen LogP contribution in [-0.2, 0) is 6.18 Å². The summed E-state index contributed by atoms with van der Waals surface area (Å²) in [4.78, 5) is 21.8. The second-order valence-corrected chi connectivity index (χ2v) is 5.52. The highest BCUT2D eigenvalue weighted by atomic mass is 19.4. The highest BCUT2D eigenvalue weighted by Gasteiger charge is 2.32. The van der Waals surface area contributed by atoms with Crippen molar-refractivity contribution in [1.82, 2.24) is 24.8 Å². The van der Waals surface area contributed by atoms with Crippen molar-refractivity contribution in [2.45, 2.75) is 6.18 Å². The Kier molecular flexibility index (Phi) is 4.65. The molecule has 3 aromatic heterocycles. The van der Waals surface area contributed by atoms with Crippen molar-refractivity contribution in [1.29, 1.82) is 0 Å². The Hall–Kier alpha value is -3.30. The predicted molar refractivity (Wildman–Crippen MR) is 91.7 cm³/mol. The van der Waals surface area contributed by atoms with Crippen LogP contribution in [0.4, 0.5) is 30.5 Å². The molecule has 3 aromatic rings. The Morgan fingerprint density at radius 3 is 2.65 bits per heavy atom. The number of fused-ring (bicyclic) bond motifs is 1. The SMILES string of the molecule is CN(C)C=Nc1ccc2ncnc(Nc3ccnc(C(F)(F)F)c3)c2n1. The van der Waals surface area contributed by atoms with E-state index in [2.05, 4.69) is 30.2 Å². The lowest BCUT2D eigenvalue weighted by atomic mass is 10.3. The van der Waals surface area contributed by atoms with Crippen molar-refractivity contribution >= 4 is 34.7 Å². The lowest BCUT2D eigenvalue weighted by Crippen LogP contribution is -2.08. The van der Waals surface area contributed by atoms with Crippen LogP contribution in [0, 0.1) is 0 Å². The van der Waals surface area contributed by atoms with Gasteiger partial charge < -0.3 is 10.2 Å². The second kappa shape index (κ2) is 6.90. The second-order valence-electron chi connectivity index (χ2n) is 5.52. The average Bonchev–Trinajstić information content (AvgIpc) is 2.60. The molecule has 0 spiro atoms. The number of aromatic nitrogens is 4. The number of rotatable bonds is 4. The minimum atomic E-state index is -4.53. The van der Waals surface area contributed by atoms with Gasteiger partial charge in [0.2, 0.25) is 0 Å². The van der Waals surface area contributed by atoms with E-state index in [1.54, 1.807) is 23.4 Å². The number of halogens is 3. The summed E-state index contributed by atoms with van der Waals surface area (Å²) < 4.78 is 38.4. The van der Waals surface area contributed by atoms with Gasteiger partial charge in [0.05, 0.1) is 11.9 Å². The highest BCUT2D eigenvalue weighted by molar-refractivity contribution is 5.88. The van der Waals surface area contributed by atoms with Crippen molar-refractivity contribution in [3.63, 3.8) is 0 Å². The molecule has 0 radical (unpaired) electrons. The number of hydrogen-bond donors (Lipinski definition) is 1. The minimum absolute atomic E-state index is 0.191. The zero-order chi connectivity index (χ0) is 18.7. The third kappa shape index (κ3) is 4.02. The van der Waals surface area contributed by atoms with Crippen LogP contribution in [0.5, 0.6) is 0 Å². The molecule has 1 N–H and O–H groups in total. The summed E-state index contributed by atoms with van der Waals surface area (Å²) in [5, 5.41) is 2.84. The summed E-state index contributed by atoms with van der Waals surface area (Å²) in [6.07, 6.45) is -0.559. The van der Waals surface area contributed by atoms with Crippen molar-refractivity contribution in [3.8, 4) is 0 Å². The van der Waals surface area contributed by atoms with Gasteiger partial charge in [-0.1, -0.05) is 0 Å². The Bertz CT molecular complexity index is 954. The number of anilines is 2. The molecule has 0 aliphatic carbocycles. The van der Waals surface area contributed by atoms with Gasteiger partial charge in [-0.15, -0.1) is 0 Å². The molecule has 0 saturated carbocycles. The quantitative estimate of drug-likeness (QED) is 0.567. The molecular weight excluding hydrogens is 347 g/mol. The first-order valence-electron chi connectivity index (χ1n) is 7.45. The van der Waals surface area contributed by atoms with E-state index >= 15 is 0 Å². The summed E-state index contributed by atoms with van der Waals surface area (Å²) in [7, 11) is 3.64. The monoisotopic (exact) mass is 361 g/mol. The summed E-state index contributed by atoms with van der Waals surface area (Å²) in [6.45, 7) is 0. The molecule has 0 aliphatic heterocycles. The lowest BCUT2D eigenvalue weighted by molar-refractivity contribution is -0.141. The zero-order valence-corrected chi connectivity index (χ0v) is 13.9. The zero-order valence-electron chi connectivity index (χ0n) is 13.9. The summed E-state index contributed by atoms with van der Waals surface area (Å²) in [6, 6.07) is 5.72. The lowest BCUT2D eigenvalue weighted by Gasteiger charge is -2.10. The number of hydrogen-bond acceptors (Lipinski definition) is 6. The minimum Gasteiger partial charge on any atom is -0.369 e. The molecule has 26 heavy (non-hydrogen) atoms. The normalized spacial score (nSPS) is 11.9. The number of alkyl halides is 3. The summed E-state index contributed by atoms with van der Waals surface area (Å²) in [5.41, 5.74) is 0.129. The van der Waals surface area contributed by atoms with Crippen molar-refractivity contribution < 1.29 is 13.2 Å². The molecule has 0 amide bonds. The van der Waals surface area contributed by atoms with Crippen molar-refractivity contribution in [3.05, 3.63) is 42.5 Å². The maximum atomic E-state index is 12.8. The molecule has 0 saturated heterocycles. The first-order valence-corrected chi connectivity index (χ1v) is 7.45. The largest absolute Gasteiger partial charge is 0.433 e. The van der Waals surface area contributed by atoms with Gasteiger partial charge in [0.1, 0.15) is 17.5 Å². The predicted octanol–water partition coefficient (Wildman–Crippen LogP) is 3.40. The third-order valence-electron chi connectivity index (χ3n) is 3.20. The topological polar surface area (TPSA) is 79.2 Å². The van der Waals surface area contributed by atoms with E-state index in [-0.39, 0.29) is 11.5 Å². The fourth-order valence-corrected chi connectivity index (χ4v) is 2.07. The van der Waals surface area contributed by atoms with Crippen LogP contribution in [-0.4, -0.2) is 45.3 Å². The molecule has 3 heterocycles. The average molecular weight is 361 g/mol. The molecule has 134 valence electrons. The number of nitrogens with one attached hydrogen (secondary N) is 1. The molecule has 7 nitrogen and oxygen atoms in total. The van der Waals surface area contributed by atoms with E-state index in [1.807, 2.05) is 14.1 Å². The molecule has 0 aliphatic rings. The van der Waals surface area contributed by atoms with E-state index in [9.17, 15) is 13.2 Å². The fourth-order valence-electron chi connectivity index (χ4n) is 2.07. The number of pyridine rings is 2. The van der Waals surface area contributed by atoms with Crippen LogP contribution in [0.25, 0.3) is 11.0 Å². The van der Waals surface area contributed by atoms with Crippen LogP contribution in [0.15, 0.2) is 41.8 Å². The molecule has 0 unspecified atom stereocenters. The van der Waals surface area contributed by atoms with Gasteiger partial charge in [0.15, 0.2) is 11.6 Å². The van der Waals surface area contributed by atoms with Gasteiger partial charge >= 0.3 is 6.18 Å². The molecule has 0 fully saturated rings. The van der Waals surface area contributed by atoms with Crippen LogP contribution in [0.2, 0.25) is 0 Å². The third-order valence-corrected chi connectivity index (χ3v) is 3.20. The smallest absolute Gasteiger partial charge is 0.369 e. The molecule has 3 rings (SSSR count). The molecule has 10 heteroatoms. The van der Waals surface area contributed by atoms with E-state index in [4.69, 9.17) is 0 Å². The molecule has 0 aromatic carbocycles. The van der Waals surface area contributed by atoms with Crippen molar-refractivity contribution in [2.75, 3.05) is 19.4 Å². The Labute approximate surface area is 146 Å². The highest BCUT2D eigenvalue weighted by Crippen LogP contribution is 2.30.